The normalized spacial score (nSPS) is 40.7. The van der Waals surface area contributed by atoms with E-state index in [0.29, 0.717) is 0 Å². The zero-order valence-corrected chi connectivity index (χ0v) is 10.1. The summed E-state index contributed by atoms with van der Waals surface area (Å²) in [5.41, 5.74) is 0. The topological polar surface area (TPSA) is 82.4 Å². The van der Waals surface area contributed by atoms with Gasteiger partial charge in [0.1, 0.15) is 18.3 Å². The Morgan fingerprint density at radius 2 is 1.69 bits per heavy atom. The van der Waals surface area contributed by atoms with Gasteiger partial charge in [0.05, 0.1) is 13.2 Å². The molecule has 1 aliphatic rings. The van der Waals surface area contributed by atoms with Gasteiger partial charge in [0.2, 0.25) is 0 Å². The number of hydrogen-bond acceptors (Lipinski definition) is 6. The molecule has 6 heteroatoms. The number of hydroxylamine groups is 2. The van der Waals surface area contributed by atoms with Crippen LogP contribution in [0.4, 0.5) is 0 Å². The molecule has 5 atom stereocenters. The molecule has 1 saturated heterocycles. The van der Waals surface area contributed by atoms with Gasteiger partial charge in [-0.25, -0.2) is 0 Å². The lowest BCUT2D eigenvalue weighted by Crippen LogP contribution is -2.62. The summed E-state index contributed by atoms with van der Waals surface area (Å²) < 4.78 is 5.44. The van der Waals surface area contributed by atoms with Gasteiger partial charge in [-0.1, -0.05) is 0 Å². The SMILES string of the molecule is CON(C(C)C)[C@@H]1OC(C)[C@@H](O)[C@H](O)C1O. The molecule has 2 unspecified atom stereocenters. The molecule has 0 aromatic rings. The molecule has 1 aliphatic heterocycles. The molecule has 0 amide bonds. The highest BCUT2D eigenvalue weighted by molar-refractivity contribution is 4.89. The van der Waals surface area contributed by atoms with Crippen molar-refractivity contribution in [3.8, 4) is 0 Å². The first-order valence-corrected chi connectivity index (χ1v) is 5.42. The van der Waals surface area contributed by atoms with Crippen LogP contribution in [-0.2, 0) is 9.57 Å². The Bertz CT molecular complexity index is 225. The second kappa shape index (κ2) is 5.39. The zero-order chi connectivity index (χ0) is 12.5. The van der Waals surface area contributed by atoms with Crippen LogP contribution in [0.15, 0.2) is 0 Å². The smallest absolute Gasteiger partial charge is 0.162 e. The van der Waals surface area contributed by atoms with E-state index in [9.17, 15) is 15.3 Å². The number of nitrogens with zero attached hydrogens (tertiary/aromatic N) is 1. The van der Waals surface area contributed by atoms with Crippen LogP contribution in [0.2, 0.25) is 0 Å². The molecular weight excluding hydrogens is 214 g/mol. The first-order chi connectivity index (χ1) is 7.40. The van der Waals surface area contributed by atoms with Crippen molar-refractivity contribution in [1.82, 2.24) is 5.06 Å². The first-order valence-electron chi connectivity index (χ1n) is 5.42. The van der Waals surface area contributed by atoms with Crippen LogP contribution in [0.3, 0.4) is 0 Å². The average Bonchev–Trinajstić information content (AvgIpc) is 2.23. The summed E-state index contributed by atoms with van der Waals surface area (Å²) in [6.45, 7) is 5.39. The lowest BCUT2D eigenvalue weighted by atomic mass is 9.98. The third kappa shape index (κ3) is 2.53. The summed E-state index contributed by atoms with van der Waals surface area (Å²) in [5, 5.41) is 30.5. The molecule has 6 nitrogen and oxygen atoms in total. The van der Waals surface area contributed by atoms with Crippen LogP contribution in [0.1, 0.15) is 20.8 Å². The maximum Gasteiger partial charge on any atom is 0.162 e. The Morgan fingerprint density at radius 1 is 1.12 bits per heavy atom. The van der Waals surface area contributed by atoms with Gasteiger partial charge in [-0.15, -0.1) is 0 Å². The highest BCUT2D eigenvalue weighted by Gasteiger charge is 2.45. The van der Waals surface area contributed by atoms with Gasteiger partial charge in [0, 0.05) is 6.04 Å². The zero-order valence-electron chi connectivity index (χ0n) is 10.1. The van der Waals surface area contributed by atoms with E-state index in [1.54, 1.807) is 6.92 Å². The van der Waals surface area contributed by atoms with Crippen molar-refractivity contribution < 1.29 is 24.9 Å². The van der Waals surface area contributed by atoms with Crippen molar-refractivity contribution in [1.29, 1.82) is 0 Å². The summed E-state index contributed by atoms with van der Waals surface area (Å²) in [6.07, 6.45) is -4.85. The van der Waals surface area contributed by atoms with Crippen molar-refractivity contribution in [2.24, 2.45) is 0 Å². The number of ether oxygens (including phenoxy) is 1. The van der Waals surface area contributed by atoms with Crippen molar-refractivity contribution >= 4 is 0 Å². The maximum absolute atomic E-state index is 9.82. The van der Waals surface area contributed by atoms with Gasteiger partial charge in [-0.3, -0.25) is 4.84 Å². The molecule has 0 aromatic heterocycles. The van der Waals surface area contributed by atoms with Crippen LogP contribution < -0.4 is 0 Å². The molecule has 0 radical (unpaired) electrons. The van der Waals surface area contributed by atoms with E-state index in [1.165, 1.54) is 12.2 Å². The molecule has 96 valence electrons. The summed E-state index contributed by atoms with van der Waals surface area (Å²) in [4.78, 5) is 5.11. The van der Waals surface area contributed by atoms with E-state index in [2.05, 4.69) is 0 Å². The molecule has 16 heavy (non-hydrogen) atoms. The fourth-order valence-electron chi connectivity index (χ4n) is 1.85. The summed E-state index contributed by atoms with van der Waals surface area (Å²) in [6, 6.07) is -0.0145. The molecule has 1 rings (SSSR count). The highest BCUT2D eigenvalue weighted by Crippen LogP contribution is 2.24. The summed E-state index contributed by atoms with van der Waals surface area (Å²) in [7, 11) is 1.47. The first kappa shape index (κ1) is 13.8. The number of rotatable bonds is 3. The summed E-state index contributed by atoms with van der Waals surface area (Å²) >= 11 is 0. The van der Waals surface area contributed by atoms with Gasteiger partial charge in [-0.05, 0) is 20.8 Å². The van der Waals surface area contributed by atoms with E-state index in [1.807, 2.05) is 13.8 Å². The Labute approximate surface area is 95.3 Å². The van der Waals surface area contributed by atoms with Crippen LogP contribution >= 0.6 is 0 Å². The Balaban J connectivity index is 2.80. The van der Waals surface area contributed by atoms with Crippen molar-refractivity contribution in [3.05, 3.63) is 0 Å². The molecular formula is C10H21NO5. The number of aliphatic hydroxyl groups is 3. The molecule has 0 spiro atoms. The molecule has 0 saturated carbocycles. The standard InChI is InChI=1S/C10H21NO5/c1-5(2)11(15-4)10-9(14)8(13)7(12)6(3)16-10/h5-10,12-14H,1-4H3/t6?,7-,8+,9?,10-/m1/s1. The Morgan fingerprint density at radius 3 is 2.12 bits per heavy atom. The average molecular weight is 235 g/mol. The van der Waals surface area contributed by atoms with Crippen molar-refractivity contribution in [3.63, 3.8) is 0 Å². The van der Waals surface area contributed by atoms with Crippen LogP contribution in [0, 0.1) is 0 Å². The number of aliphatic hydroxyl groups excluding tert-OH is 3. The Kier molecular flexibility index (Phi) is 4.66. The molecule has 0 bridgehead atoms. The lowest BCUT2D eigenvalue weighted by Gasteiger charge is -2.44. The molecule has 0 aliphatic carbocycles. The minimum Gasteiger partial charge on any atom is -0.388 e. The Hall–Kier alpha value is -0.240. The van der Waals surface area contributed by atoms with E-state index in [0.717, 1.165) is 0 Å². The second-order valence-corrected chi connectivity index (χ2v) is 4.34. The third-order valence-electron chi connectivity index (χ3n) is 2.80. The third-order valence-corrected chi connectivity index (χ3v) is 2.80. The van der Waals surface area contributed by atoms with Crippen LogP contribution in [-0.4, -0.2) is 64.2 Å². The van der Waals surface area contributed by atoms with Crippen molar-refractivity contribution in [2.75, 3.05) is 7.11 Å². The van der Waals surface area contributed by atoms with E-state index in [4.69, 9.17) is 9.57 Å². The van der Waals surface area contributed by atoms with Crippen LogP contribution in [0.5, 0.6) is 0 Å². The predicted molar refractivity (Wildman–Crippen MR) is 56.3 cm³/mol. The predicted octanol–water partition coefficient (Wildman–Crippen LogP) is -0.914. The lowest BCUT2D eigenvalue weighted by molar-refractivity contribution is -0.331. The quantitative estimate of drug-likeness (QED) is 0.549. The van der Waals surface area contributed by atoms with Gasteiger partial charge in [0.15, 0.2) is 6.23 Å². The van der Waals surface area contributed by atoms with Crippen molar-refractivity contribution in [2.45, 2.75) is 57.5 Å². The summed E-state index contributed by atoms with van der Waals surface area (Å²) in [5.74, 6) is 0. The van der Waals surface area contributed by atoms with Gasteiger partial charge >= 0.3 is 0 Å². The molecule has 3 N–H and O–H groups in total. The van der Waals surface area contributed by atoms with Gasteiger partial charge < -0.3 is 20.1 Å². The number of hydrogen-bond donors (Lipinski definition) is 3. The fraction of sp³-hybridized carbons (Fsp3) is 1.00. The van der Waals surface area contributed by atoms with E-state index >= 15 is 0 Å². The minimum absolute atomic E-state index is 0.0145. The largest absolute Gasteiger partial charge is 0.388 e. The monoisotopic (exact) mass is 235 g/mol. The molecule has 1 heterocycles. The van der Waals surface area contributed by atoms with Gasteiger partial charge in [-0.2, -0.15) is 5.06 Å². The van der Waals surface area contributed by atoms with E-state index in [-0.39, 0.29) is 6.04 Å². The molecule has 1 fully saturated rings. The maximum atomic E-state index is 9.82. The fourth-order valence-corrected chi connectivity index (χ4v) is 1.85. The van der Waals surface area contributed by atoms with E-state index < -0.39 is 30.6 Å². The highest BCUT2D eigenvalue weighted by atomic mass is 16.7. The van der Waals surface area contributed by atoms with Crippen LogP contribution in [0.25, 0.3) is 0 Å². The minimum atomic E-state index is -1.23. The molecule has 0 aromatic carbocycles. The van der Waals surface area contributed by atoms with Gasteiger partial charge in [0.25, 0.3) is 0 Å². The second-order valence-electron chi connectivity index (χ2n) is 4.34.